The highest BCUT2D eigenvalue weighted by Crippen LogP contribution is 2.63. The third kappa shape index (κ3) is 2.08. The van der Waals surface area contributed by atoms with E-state index in [2.05, 4.69) is 109 Å². The van der Waals surface area contributed by atoms with Crippen LogP contribution in [0.4, 0.5) is 0 Å². The van der Waals surface area contributed by atoms with Crippen LogP contribution in [0.25, 0.3) is 44.3 Å². The van der Waals surface area contributed by atoms with E-state index in [1.165, 1.54) is 72.0 Å². The van der Waals surface area contributed by atoms with E-state index in [-0.39, 0.29) is 5.41 Å². The summed E-state index contributed by atoms with van der Waals surface area (Å²) in [5, 5.41) is 2.63. The second-order valence-electron chi connectivity index (χ2n) is 10.3. The zero-order chi connectivity index (χ0) is 23.4. The van der Waals surface area contributed by atoms with Gasteiger partial charge in [0.15, 0.2) is 0 Å². The van der Waals surface area contributed by atoms with Crippen LogP contribution in [0.15, 0.2) is 115 Å². The van der Waals surface area contributed by atoms with Crippen LogP contribution in [0.2, 0.25) is 0 Å². The number of hydrogen-bond acceptors (Lipinski definition) is 1. The van der Waals surface area contributed by atoms with Crippen LogP contribution in [-0.4, -0.2) is 4.98 Å². The molecule has 1 atom stereocenters. The quantitative estimate of drug-likeness (QED) is 0.225. The second kappa shape index (κ2) is 6.38. The minimum atomic E-state index is -0.319. The molecular weight excluding hydrogens is 434 g/mol. The molecule has 1 heteroatoms. The molecule has 1 aromatic heterocycles. The zero-order valence-corrected chi connectivity index (χ0v) is 19.6. The number of rotatable bonds is 0. The van der Waals surface area contributed by atoms with Gasteiger partial charge < -0.3 is 0 Å². The number of pyridine rings is 1. The van der Waals surface area contributed by atoms with E-state index in [1.54, 1.807) is 0 Å². The van der Waals surface area contributed by atoms with Crippen molar-refractivity contribution in [2.45, 2.75) is 11.8 Å². The Morgan fingerprint density at radius 1 is 0.472 bits per heavy atom. The van der Waals surface area contributed by atoms with E-state index in [1.807, 2.05) is 6.20 Å². The van der Waals surface area contributed by atoms with E-state index in [0.29, 0.717) is 0 Å². The summed E-state index contributed by atoms with van der Waals surface area (Å²) in [4.78, 5) is 4.90. The molecule has 3 aliphatic rings. The van der Waals surface area contributed by atoms with Gasteiger partial charge in [-0.05, 0) is 91.0 Å². The molecule has 0 radical (unpaired) electrons. The smallest absolute Gasteiger partial charge is 0.0753 e. The van der Waals surface area contributed by atoms with E-state index in [4.69, 9.17) is 4.98 Å². The minimum Gasteiger partial charge on any atom is -0.256 e. The summed E-state index contributed by atoms with van der Waals surface area (Å²) < 4.78 is 0. The molecule has 9 rings (SSSR count). The van der Waals surface area contributed by atoms with Gasteiger partial charge in [-0.1, -0.05) is 91.0 Å². The van der Waals surface area contributed by atoms with Crippen molar-refractivity contribution in [3.63, 3.8) is 0 Å². The molecule has 1 nitrogen and oxygen atoms in total. The van der Waals surface area contributed by atoms with Gasteiger partial charge in [-0.3, -0.25) is 4.98 Å². The highest BCUT2D eigenvalue weighted by Gasteiger charge is 2.52. The molecule has 0 saturated carbocycles. The molecule has 1 unspecified atom stereocenters. The maximum atomic E-state index is 4.90. The fourth-order valence-corrected chi connectivity index (χ4v) is 7.32. The fraction of sp³-hybridized carbons (Fsp3) is 0.0571. The molecule has 0 amide bonds. The lowest BCUT2D eigenvalue weighted by Crippen LogP contribution is -2.26. The van der Waals surface area contributed by atoms with Crippen LogP contribution in [0.3, 0.4) is 0 Å². The highest BCUT2D eigenvalue weighted by atomic mass is 14.7. The lowest BCUT2D eigenvalue weighted by atomic mass is 9.70. The maximum Gasteiger partial charge on any atom is 0.0753 e. The molecule has 0 N–H and O–H groups in total. The standard InChI is InChI=1S/C35H21N/c1-2-9-22-18-27-23(16-21(22)8-1)17-24-19-33-29(20-28(24)27)25-10-3-5-12-30(25)35(33)31-13-6-4-11-26(31)34-32(35)14-7-15-36-34/h1-16,18-20H,17H2. The van der Waals surface area contributed by atoms with Gasteiger partial charge in [-0.15, -0.1) is 0 Å². The van der Waals surface area contributed by atoms with Gasteiger partial charge in [0.2, 0.25) is 0 Å². The summed E-state index contributed by atoms with van der Waals surface area (Å²) >= 11 is 0. The van der Waals surface area contributed by atoms with Crippen LogP contribution in [-0.2, 0) is 11.8 Å². The van der Waals surface area contributed by atoms with Gasteiger partial charge in [0.05, 0.1) is 11.1 Å². The third-order valence-corrected chi connectivity index (χ3v) is 8.71. The number of aromatic nitrogens is 1. The first-order valence-electron chi connectivity index (χ1n) is 12.7. The summed E-state index contributed by atoms with van der Waals surface area (Å²) in [5.74, 6) is 0. The molecule has 36 heavy (non-hydrogen) atoms. The second-order valence-corrected chi connectivity index (χ2v) is 10.3. The van der Waals surface area contributed by atoms with Gasteiger partial charge in [-0.2, -0.15) is 0 Å². The van der Waals surface area contributed by atoms with Crippen LogP contribution in [0, 0.1) is 0 Å². The first-order chi connectivity index (χ1) is 17.8. The Morgan fingerprint density at radius 2 is 1.11 bits per heavy atom. The predicted octanol–water partition coefficient (Wildman–Crippen LogP) is 8.15. The van der Waals surface area contributed by atoms with Crippen LogP contribution < -0.4 is 0 Å². The molecule has 1 spiro atoms. The number of nitrogens with zero attached hydrogens (tertiary/aromatic N) is 1. The lowest BCUT2D eigenvalue weighted by Gasteiger charge is -2.30. The largest absolute Gasteiger partial charge is 0.256 e. The first kappa shape index (κ1) is 18.8. The minimum absolute atomic E-state index is 0.319. The normalized spacial score (nSPS) is 17.4. The Balaban J connectivity index is 1.40. The van der Waals surface area contributed by atoms with Crippen LogP contribution >= 0.6 is 0 Å². The lowest BCUT2D eigenvalue weighted by molar-refractivity contribution is 0.790. The van der Waals surface area contributed by atoms with E-state index in [0.717, 1.165) is 12.1 Å². The predicted molar refractivity (Wildman–Crippen MR) is 146 cm³/mol. The maximum absolute atomic E-state index is 4.90. The van der Waals surface area contributed by atoms with Crippen molar-refractivity contribution in [2.24, 2.45) is 0 Å². The Hall–Kier alpha value is -4.49. The summed E-state index contributed by atoms with van der Waals surface area (Å²) in [6.07, 6.45) is 2.91. The zero-order valence-electron chi connectivity index (χ0n) is 19.6. The molecule has 166 valence electrons. The Morgan fingerprint density at radius 3 is 1.97 bits per heavy atom. The van der Waals surface area contributed by atoms with Gasteiger partial charge in [-0.25, -0.2) is 0 Å². The highest BCUT2D eigenvalue weighted by molar-refractivity contribution is 5.98. The Bertz CT molecular complexity index is 1880. The molecule has 3 aliphatic carbocycles. The molecule has 1 heterocycles. The van der Waals surface area contributed by atoms with Crippen molar-refractivity contribution in [1.29, 1.82) is 0 Å². The molecule has 5 aromatic carbocycles. The van der Waals surface area contributed by atoms with Crippen molar-refractivity contribution in [3.8, 4) is 33.5 Å². The molecular formula is C35H21N. The van der Waals surface area contributed by atoms with Crippen molar-refractivity contribution >= 4 is 10.8 Å². The summed E-state index contributed by atoms with van der Waals surface area (Å²) in [7, 11) is 0. The Kier molecular flexibility index (Phi) is 3.33. The topological polar surface area (TPSA) is 12.9 Å². The Labute approximate surface area is 209 Å². The molecule has 0 saturated heterocycles. The van der Waals surface area contributed by atoms with Gasteiger partial charge in [0, 0.05) is 11.8 Å². The van der Waals surface area contributed by atoms with E-state index >= 15 is 0 Å². The van der Waals surface area contributed by atoms with Crippen molar-refractivity contribution in [1.82, 2.24) is 4.98 Å². The average Bonchev–Trinajstić information content (AvgIpc) is 3.54. The fourth-order valence-electron chi connectivity index (χ4n) is 7.32. The van der Waals surface area contributed by atoms with E-state index in [9.17, 15) is 0 Å². The average molecular weight is 456 g/mol. The summed E-state index contributed by atoms with van der Waals surface area (Å²) in [6.45, 7) is 0. The van der Waals surface area contributed by atoms with Crippen molar-refractivity contribution < 1.29 is 0 Å². The van der Waals surface area contributed by atoms with Gasteiger partial charge in [0.1, 0.15) is 0 Å². The molecule has 0 aliphatic heterocycles. The van der Waals surface area contributed by atoms with Gasteiger partial charge in [0.25, 0.3) is 0 Å². The third-order valence-electron chi connectivity index (χ3n) is 8.71. The first-order valence-corrected chi connectivity index (χ1v) is 12.7. The van der Waals surface area contributed by atoms with Gasteiger partial charge >= 0.3 is 0 Å². The number of benzene rings is 5. The molecule has 6 aromatic rings. The van der Waals surface area contributed by atoms with Crippen molar-refractivity contribution in [2.75, 3.05) is 0 Å². The molecule has 0 bridgehead atoms. The summed E-state index contributed by atoms with van der Waals surface area (Å²) in [6, 6.07) is 40.8. The number of hydrogen-bond donors (Lipinski definition) is 0. The van der Waals surface area contributed by atoms with Crippen molar-refractivity contribution in [3.05, 3.63) is 149 Å². The SMILES string of the molecule is c1ccc2c(c1)-c1cc3c(cc1C21c2ccccc2-c2ncccc21)Cc1cc2ccccc2cc1-3. The molecule has 0 fully saturated rings. The van der Waals surface area contributed by atoms with Crippen LogP contribution in [0.1, 0.15) is 33.4 Å². The monoisotopic (exact) mass is 455 g/mol. The summed E-state index contributed by atoms with van der Waals surface area (Å²) in [5.41, 5.74) is 15.8. The van der Waals surface area contributed by atoms with E-state index < -0.39 is 0 Å². The number of fused-ring (bicyclic) bond motifs is 14. The van der Waals surface area contributed by atoms with Crippen LogP contribution in [0.5, 0.6) is 0 Å².